The van der Waals surface area contributed by atoms with Crippen LogP contribution in [0.2, 0.25) is 10.0 Å². The van der Waals surface area contributed by atoms with Crippen LogP contribution in [-0.2, 0) is 0 Å². The van der Waals surface area contributed by atoms with Crippen molar-refractivity contribution in [3.63, 3.8) is 0 Å². The molecule has 2 aromatic carbocycles. The topological polar surface area (TPSA) is 53.2 Å². The molecule has 1 N–H and O–H groups in total. The van der Waals surface area contributed by atoms with Crippen LogP contribution in [0, 0.1) is 11.3 Å². The fourth-order valence-electron chi connectivity index (χ4n) is 1.79. The molecule has 0 aromatic heterocycles. The highest BCUT2D eigenvalue weighted by Crippen LogP contribution is 2.30. The summed E-state index contributed by atoms with van der Waals surface area (Å²) in [7, 11) is 1.47. The second kappa shape index (κ2) is 6.53. The van der Waals surface area contributed by atoms with Crippen molar-refractivity contribution < 1.29 is 9.84 Å². The maximum Gasteiger partial charge on any atom is 0.161 e. The third-order valence-corrected chi connectivity index (χ3v) is 3.60. The van der Waals surface area contributed by atoms with Gasteiger partial charge in [-0.2, -0.15) is 5.26 Å². The minimum Gasteiger partial charge on any atom is -0.504 e. The van der Waals surface area contributed by atoms with Crippen molar-refractivity contribution in [3.05, 3.63) is 57.6 Å². The molecule has 0 spiro atoms. The summed E-state index contributed by atoms with van der Waals surface area (Å²) in [6.07, 6.45) is 1.68. The van der Waals surface area contributed by atoms with E-state index in [0.717, 1.165) is 5.56 Å². The van der Waals surface area contributed by atoms with E-state index in [0.29, 0.717) is 26.9 Å². The van der Waals surface area contributed by atoms with Gasteiger partial charge >= 0.3 is 0 Å². The van der Waals surface area contributed by atoms with Crippen molar-refractivity contribution in [2.24, 2.45) is 0 Å². The minimum atomic E-state index is 0.0442. The molecule has 0 radical (unpaired) electrons. The predicted molar refractivity (Wildman–Crippen MR) is 84.6 cm³/mol. The van der Waals surface area contributed by atoms with E-state index in [9.17, 15) is 10.4 Å². The van der Waals surface area contributed by atoms with Crippen molar-refractivity contribution in [3.8, 4) is 17.6 Å². The van der Waals surface area contributed by atoms with Gasteiger partial charge < -0.3 is 9.84 Å². The smallest absolute Gasteiger partial charge is 0.161 e. The Hall–Kier alpha value is -2.15. The number of phenolic OH excluding ortho intramolecular Hbond substituents is 1. The van der Waals surface area contributed by atoms with Crippen LogP contribution >= 0.6 is 23.2 Å². The number of hydrogen-bond donors (Lipinski definition) is 1. The van der Waals surface area contributed by atoms with E-state index in [2.05, 4.69) is 6.07 Å². The molecule has 0 aliphatic heterocycles. The van der Waals surface area contributed by atoms with Gasteiger partial charge in [0.1, 0.15) is 0 Å². The van der Waals surface area contributed by atoms with Crippen molar-refractivity contribution in [2.45, 2.75) is 0 Å². The Morgan fingerprint density at radius 1 is 1.19 bits per heavy atom. The third-order valence-electron chi connectivity index (χ3n) is 2.87. The molecule has 0 atom stereocenters. The van der Waals surface area contributed by atoms with Gasteiger partial charge in [0.05, 0.1) is 28.8 Å². The Kier molecular flexibility index (Phi) is 4.74. The quantitative estimate of drug-likeness (QED) is 0.654. The zero-order chi connectivity index (χ0) is 15.4. The van der Waals surface area contributed by atoms with Gasteiger partial charge in [0, 0.05) is 0 Å². The molecule has 21 heavy (non-hydrogen) atoms. The number of methoxy groups -OCH3 is 1. The molecule has 0 aliphatic rings. The molecule has 2 rings (SSSR count). The van der Waals surface area contributed by atoms with Crippen LogP contribution in [-0.4, -0.2) is 12.2 Å². The van der Waals surface area contributed by atoms with E-state index in [1.807, 2.05) is 0 Å². The lowest BCUT2D eigenvalue weighted by Crippen LogP contribution is -1.86. The van der Waals surface area contributed by atoms with Gasteiger partial charge in [-0.25, -0.2) is 0 Å². The van der Waals surface area contributed by atoms with Crippen molar-refractivity contribution >= 4 is 34.9 Å². The summed E-state index contributed by atoms with van der Waals surface area (Å²) < 4.78 is 5.04. The van der Waals surface area contributed by atoms with Crippen LogP contribution in [0.3, 0.4) is 0 Å². The van der Waals surface area contributed by atoms with Crippen LogP contribution in [0.15, 0.2) is 36.4 Å². The standard InChI is InChI=1S/C16H11Cl2NO2/c1-21-16-7-10(2-5-15(16)20)6-12(9-19)11-3-4-13(17)14(18)8-11/h2-8,20H,1H3/b12-6-. The second-order valence-electron chi connectivity index (χ2n) is 4.23. The number of phenols is 1. The highest BCUT2D eigenvalue weighted by atomic mass is 35.5. The van der Waals surface area contributed by atoms with Gasteiger partial charge in [0.15, 0.2) is 11.5 Å². The van der Waals surface area contributed by atoms with Gasteiger partial charge in [-0.3, -0.25) is 0 Å². The Balaban J connectivity index is 2.45. The first-order chi connectivity index (χ1) is 10.0. The molecule has 0 unspecified atom stereocenters. The van der Waals surface area contributed by atoms with Crippen molar-refractivity contribution in [1.82, 2.24) is 0 Å². The molecule has 3 nitrogen and oxygen atoms in total. The first-order valence-electron chi connectivity index (χ1n) is 5.99. The maximum atomic E-state index is 9.57. The van der Waals surface area contributed by atoms with Crippen molar-refractivity contribution in [1.29, 1.82) is 5.26 Å². The Morgan fingerprint density at radius 3 is 2.57 bits per heavy atom. The van der Waals surface area contributed by atoms with Gasteiger partial charge in [0.2, 0.25) is 0 Å². The van der Waals surface area contributed by atoms with E-state index in [4.69, 9.17) is 27.9 Å². The fourth-order valence-corrected chi connectivity index (χ4v) is 2.09. The lowest BCUT2D eigenvalue weighted by Gasteiger charge is -2.05. The predicted octanol–water partition coefficient (Wildman–Crippen LogP) is 4.77. The molecule has 2 aromatic rings. The highest BCUT2D eigenvalue weighted by Gasteiger charge is 2.06. The number of ether oxygens (including phenoxy) is 1. The first kappa shape index (κ1) is 15.2. The van der Waals surface area contributed by atoms with Gasteiger partial charge in [-0.15, -0.1) is 0 Å². The summed E-state index contributed by atoms with van der Waals surface area (Å²) >= 11 is 11.8. The zero-order valence-corrected chi connectivity index (χ0v) is 12.6. The van der Waals surface area contributed by atoms with Gasteiger partial charge in [-0.05, 0) is 41.5 Å². The summed E-state index contributed by atoms with van der Waals surface area (Å²) in [5.74, 6) is 0.387. The number of allylic oxidation sites excluding steroid dienone is 1. The molecule has 0 bridgehead atoms. The van der Waals surface area contributed by atoms with Crippen LogP contribution < -0.4 is 4.74 Å². The normalized spacial score (nSPS) is 11.0. The average Bonchev–Trinajstić information content (AvgIpc) is 2.49. The maximum absolute atomic E-state index is 9.57. The molecule has 5 heteroatoms. The van der Waals surface area contributed by atoms with E-state index in [1.54, 1.807) is 36.4 Å². The Labute approximate surface area is 132 Å². The van der Waals surface area contributed by atoms with Crippen LogP contribution in [0.25, 0.3) is 11.6 Å². The number of nitrogens with zero attached hydrogens (tertiary/aromatic N) is 1. The lowest BCUT2D eigenvalue weighted by atomic mass is 10.0. The molecule has 0 amide bonds. The van der Waals surface area contributed by atoms with Crippen LogP contribution in [0.5, 0.6) is 11.5 Å². The summed E-state index contributed by atoms with van der Waals surface area (Å²) in [6.45, 7) is 0. The molecular weight excluding hydrogens is 309 g/mol. The number of benzene rings is 2. The summed E-state index contributed by atoms with van der Waals surface area (Å²) in [5, 5.41) is 19.7. The Morgan fingerprint density at radius 2 is 1.95 bits per heavy atom. The molecular formula is C16H11Cl2NO2. The van der Waals surface area contributed by atoms with E-state index < -0.39 is 0 Å². The average molecular weight is 320 g/mol. The van der Waals surface area contributed by atoms with E-state index >= 15 is 0 Å². The number of nitriles is 1. The number of aromatic hydroxyl groups is 1. The highest BCUT2D eigenvalue weighted by molar-refractivity contribution is 6.42. The largest absolute Gasteiger partial charge is 0.504 e. The molecule has 0 aliphatic carbocycles. The second-order valence-corrected chi connectivity index (χ2v) is 5.04. The zero-order valence-electron chi connectivity index (χ0n) is 11.1. The number of halogens is 2. The lowest BCUT2D eigenvalue weighted by molar-refractivity contribution is 0.373. The molecule has 0 saturated carbocycles. The number of rotatable bonds is 3. The first-order valence-corrected chi connectivity index (χ1v) is 6.75. The number of hydrogen-bond acceptors (Lipinski definition) is 3. The molecule has 0 fully saturated rings. The monoisotopic (exact) mass is 319 g/mol. The fraction of sp³-hybridized carbons (Fsp3) is 0.0625. The van der Waals surface area contributed by atoms with Crippen LogP contribution in [0.1, 0.15) is 11.1 Å². The Bertz CT molecular complexity index is 748. The SMILES string of the molecule is COc1cc(/C=C(/C#N)c2ccc(Cl)c(Cl)c2)ccc1O. The van der Waals surface area contributed by atoms with E-state index in [1.165, 1.54) is 13.2 Å². The summed E-state index contributed by atoms with van der Waals surface area (Å²) in [4.78, 5) is 0. The van der Waals surface area contributed by atoms with Gasteiger partial charge in [-0.1, -0.05) is 35.3 Å². The summed E-state index contributed by atoms with van der Waals surface area (Å²) in [6, 6.07) is 12.0. The molecule has 0 saturated heterocycles. The molecule has 0 heterocycles. The van der Waals surface area contributed by atoms with Crippen LogP contribution in [0.4, 0.5) is 0 Å². The van der Waals surface area contributed by atoms with Crippen molar-refractivity contribution in [2.75, 3.05) is 7.11 Å². The third kappa shape index (κ3) is 3.49. The minimum absolute atomic E-state index is 0.0442. The van der Waals surface area contributed by atoms with E-state index in [-0.39, 0.29) is 5.75 Å². The summed E-state index contributed by atoms with van der Waals surface area (Å²) in [5.41, 5.74) is 1.83. The van der Waals surface area contributed by atoms with Gasteiger partial charge in [0.25, 0.3) is 0 Å². The molecule has 106 valence electrons.